The lowest BCUT2D eigenvalue weighted by molar-refractivity contribution is 0.415. The van der Waals surface area contributed by atoms with E-state index in [1.165, 1.54) is 186 Å². The van der Waals surface area contributed by atoms with Crippen molar-refractivity contribution in [2.24, 2.45) is 0 Å². The maximum absolute atomic E-state index is 4.93. The minimum atomic E-state index is 0.590. The van der Waals surface area contributed by atoms with Crippen molar-refractivity contribution in [2.45, 2.75) is 219 Å². The molecule has 0 amide bonds. The van der Waals surface area contributed by atoms with Gasteiger partial charge in [-0.2, -0.15) is 0 Å². The summed E-state index contributed by atoms with van der Waals surface area (Å²) in [5.74, 6) is 2.05. The smallest absolute Gasteiger partial charge is 0.111 e. The van der Waals surface area contributed by atoms with Crippen LogP contribution in [-0.2, 0) is 0 Å². The molecule has 0 aliphatic rings. The average molecular weight is 545 g/mol. The van der Waals surface area contributed by atoms with E-state index in [0.717, 1.165) is 0 Å². The second-order valence-corrected chi connectivity index (χ2v) is 12.9. The Morgan fingerprint density at radius 3 is 1.28 bits per heavy atom. The molecule has 0 saturated heterocycles. The van der Waals surface area contributed by atoms with Gasteiger partial charge in [0, 0.05) is 24.4 Å². The third-order valence-electron chi connectivity index (χ3n) is 9.08. The van der Waals surface area contributed by atoms with Crippen LogP contribution in [0.3, 0.4) is 0 Å². The van der Waals surface area contributed by atoms with Gasteiger partial charge in [0.2, 0.25) is 0 Å². The molecule has 1 aromatic heterocycles. The quantitative estimate of drug-likeness (QED) is 0.0880. The summed E-state index contributed by atoms with van der Waals surface area (Å²) in [5, 5.41) is 0. The third kappa shape index (κ3) is 19.8. The van der Waals surface area contributed by atoms with Crippen LogP contribution in [0, 0.1) is 0 Å². The summed E-state index contributed by atoms with van der Waals surface area (Å²) in [6.07, 6.45) is 43.8. The molecule has 0 N–H and O–H groups in total. The molecule has 2 unspecified atom stereocenters. The molecule has 1 aromatic rings. The van der Waals surface area contributed by atoms with Gasteiger partial charge in [-0.05, 0) is 26.2 Å². The lowest BCUT2D eigenvalue weighted by Crippen LogP contribution is -2.13. The van der Waals surface area contributed by atoms with E-state index in [4.69, 9.17) is 4.98 Å². The molecular weight excluding hydrogens is 472 g/mol. The number of aromatic nitrogens is 2. The summed E-state index contributed by atoms with van der Waals surface area (Å²) in [6, 6.07) is 0.590. The molecule has 0 spiro atoms. The van der Waals surface area contributed by atoms with Gasteiger partial charge in [-0.25, -0.2) is 4.98 Å². The third-order valence-corrected chi connectivity index (χ3v) is 9.08. The first-order valence-corrected chi connectivity index (χ1v) is 18.3. The number of hydrogen-bond acceptors (Lipinski definition) is 1. The van der Waals surface area contributed by atoms with E-state index in [9.17, 15) is 0 Å². The molecule has 0 aliphatic heterocycles. The summed E-state index contributed by atoms with van der Waals surface area (Å²) >= 11 is 0. The van der Waals surface area contributed by atoms with Crippen LogP contribution in [0.1, 0.15) is 225 Å². The van der Waals surface area contributed by atoms with Crippen LogP contribution in [0.4, 0.5) is 0 Å². The van der Waals surface area contributed by atoms with Crippen LogP contribution in [0.25, 0.3) is 0 Å². The van der Waals surface area contributed by atoms with Crippen LogP contribution >= 0.6 is 0 Å². The fourth-order valence-electron chi connectivity index (χ4n) is 6.34. The van der Waals surface area contributed by atoms with Crippen molar-refractivity contribution in [2.75, 3.05) is 0 Å². The maximum Gasteiger partial charge on any atom is 0.111 e. The van der Waals surface area contributed by atoms with E-state index in [1.807, 2.05) is 0 Å². The molecule has 1 rings (SSSR count). The number of imidazole rings is 1. The molecule has 230 valence electrons. The van der Waals surface area contributed by atoms with E-state index >= 15 is 0 Å². The van der Waals surface area contributed by atoms with E-state index < -0.39 is 0 Å². The van der Waals surface area contributed by atoms with Gasteiger partial charge in [0.05, 0.1) is 0 Å². The fourth-order valence-corrected chi connectivity index (χ4v) is 6.34. The van der Waals surface area contributed by atoms with E-state index in [-0.39, 0.29) is 0 Å². The number of unbranched alkanes of at least 4 members (excludes halogenated alkanes) is 22. The molecule has 0 radical (unpaired) electrons. The highest BCUT2D eigenvalue weighted by Gasteiger charge is 2.19. The molecule has 0 aliphatic carbocycles. The predicted molar refractivity (Wildman–Crippen MR) is 176 cm³/mol. The normalized spacial score (nSPS) is 13.2. The largest absolute Gasteiger partial charge is 0.332 e. The molecule has 0 saturated carbocycles. The van der Waals surface area contributed by atoms with Crippen molar-refractivity contribution in [1.82, 2.24) is 9.55 Å². The van der Waals surface area contributed by atoms with Crippen molar-refractivity contribution in [1.29, 1.82) is 0 Å². The molecule has 2 atom stereocenters. The highest BCUT2D eigenvalue weighted by molar-refractivity contribution is 5.02. The van der Waals surface area contributed by atoms with Gasteiger partial charge in [0.25, 0.3) is 0 Å². The standard InChI is InChI=1S/C37H72N2/c1-5-8-11-13-15-17-19-20-21-22-24-26-28-30-35(4)39-34-33-38-37(39)36(31-10-7-3)32-29-27-25-23-18-16-14-12-9-6-2/h33-36H,5-32H2,1-4H3. The van der Waals surface area contributed by atoms with Crippen LogP contribution in [0.2, 0.25) is 0 Å². The van der Waals surface area contributed by atoms with Crippen LogP contribution < -0.4 is 0 Å². The fraction of sp³-hybridized carbons (Fsp3) is 0.919. The average Bonchev–Trinajstić information content (AvgIpc) is 3.44. The van der Waals surface area contributed by atoms with Gasteiger partial charge in [-0.3, -0.25) is 0 Å². The van der Waals surface area contributed by atoms with Gasteiger partial charge >= 0.3 is 0 Å². The van der Waals surface area contributed by atoms with Crippen LogP contribution in [-0.4, -0.2) is 9.55 Å². The Balaban J connectivity index is 2.22. The molecule has 0 fully saturated rings. The minimum absolute atomic E-state index is 0.590. The second kappa shape index (κ2) is 27.4. The summed E-state index contributed by atoms with van der Waals surface area (Å²) < 4.78 is 2.55. The molecular formula is C37H72N2. The zero-order valence-corrected chi connectivity index (χ0v) is 27.5. The SMILES string of the molecule is CCCCCCCCCCCCCCCC(C)n1ccnc1C(CCCC)CCCCCCCCCCCC. The summed E-state index contributed by atoms with van der Waals surface area (Å²) in [4.78, 5) is 4.93. The van der Waals surface area contributed by atoms with E-state index in [2.05, 4.69) is 44.7 Å². The lowest BCUT2D eigenvalue weighted by atomic mass is 9.93. The van der Waals surface area contributed by atoms with Gasteiger partial charge in [-0.15, -0.1) is 0 Å². The Hall–Kier alpha value is -0.790. The van der Waals surface area contributed by atoms with Crippen molar-refractivity contribution in [3.63, 3.8) is 0 Å². The Bertz CT molecular complexity index is 606. The monoisotopic (exact) mass is 545 g/mol. The molecule has 2 nitrogen and oxygen atoms in total. The Kier molecular flexibility index (Phi) is 25.4. The molecule has 39 heavy (non-hydrogen) atoms. The van der Waals surface area contributed by atoms with Gasteiger partial charge in [-0.1, -0.05) is 181 Å². The van der Waals surface area contributed by atoms with Crippen molar-refractivity contribution >= 4 is 0 Å². The maximum atomic E-state index is 4.93. The van der Waals surface area contributed by atoms with Crippen molar-refractivity contribution < 1.29 is 0 Å². The van der Waals surface area contributed by atoms with E-state index in [0.29, 0.717) is 12.0 Å². The van der Waals surface area contributed by atoms with Crippen LogP contribution in [0.5, 0.6) is 0 Å². The first-order valence-electron chi connectivity index (χ1n) is 18.3. The van der Waals surface area contributed by atoms with Crippen molar-refractivity contribution in [3.05, 3.63) is 18.2 Å². The number of nitrogens with zero attached hydrogens (tertiary/aromatic N) is 2. The first kappa shape index (κ1) is 36.2. The summed E-state index contributed by atoms with van der Waals surface area (Å²) in [5.41, 5.74) is 0. The Morgan fingerprint density at radius 2 is 0.846 bits per heavy atom. The topological polar surface area (TPSA) is 17.8 Å². The molecule has 0 aromatic carbocycles. The van der Waals surface area contributed by atoms with Crippen molar-refractivity contribution in [3.8, 4) is 0 Å². The summed E-state index contributed by atoms with van der Waals surface area (Å²) in [6.45, 7) is 9.38. The number of hydrogen-bond donors (Lipinski definition) is 0. The highest BCUT2D eigenvalue weighted by Crippen LogP contribution is 2.30. The van der Waals surface area contributed by atoms with Gasteiger partial charge in [0.1, 0.15) is 5.82 Å². The molecule has 1 heterocycles. The zero-order chi connectivity index (χ0) is 28.2. The summed E-state index contributed by atoms with van der Waals surface area (Å²) in [7, 11) is 0. The van der Waals surface area contributed by atoms with Gasteiger partial charge in [0.15, 0.2) is 0 Å². The molecule has 0 bridgehead atoms. The van der Waals surface area contributed by atoms with Crippen LogP contribution in [0.15, 0.2) is 12.4 Å². The lowest BCUT2D eigenvalue weighted by Gasteiger charge is -2.22. The molecule has 2 heteroatoms. The highest BCUT2D eigenvalue weighted by atomic mass is 15.1. The first-order chi connectivity index (χ1) is 19.2. The Morgan fingerprint density at radius 1 is 0.487 bits per heavy atom. The van der Waals surface area contributed by atoms with E-state index in [1.54, 1.807) is 0 Å². The predicted octanol–water partition coefficient (Wildman–Crippen LogP) is 13.5. The zero-order valence-electron chi connectivity index (χ0n) is 27.5. The van der Waals surface area contributed by atoms with Gasteiger partial charge < -0.3 is 4.57 Å². The second-order valence-electron chi connectivity index (χ2n) is 12.9. The minimum Gasteiger partial charge on any atom is -0.332 e. The Labute approximate surface area is 246 Å². The number of rotatable bonds is 30.